The maximum atomic E-state index is 12.6. The molecule has 3 rings (SSSR count). The van der Waals surface area contributed by atoms with Gasteiger partial charge in [0.25, 0.3) is 0 Å². The maximum Gasteiger partial charge on any atom is 0.166 e. The number of carbonyl (C=O) groups is 1. The van der Waals surface area contributed by atoms with Gasteiger partial charge in [-0.15, -0.1) is 0 Å². The van der Waals surface area contributed by atoms with Gasteiger partial charge >= 0.3 is 0 Å². The summed E-state index contributed by atoms with van der Waals surface area (Å²) in [6, 6.07) is 6.36. The van der Waals surface area contributed by atoms with Gasteiger partial charge in [0.2, 0.25) is 0 Å². The van der Waals surface area contributed by atoms with Crippen LogP contribution >= 0.6 is 23.2 Å². The first-order chi connectivity index (χ1) is 9.06. The third-order valence-corrected chi connectivity index (χ3v) is 5.41. The summed E-state index contributed by atoms with van der Waals surface area (Å²) in [4.78, 5) is 15.0. The summed E-state index contributed by atoms with van der Waals surface area (Å²) >= 11 is 11.9. The van der Waals surface area contributed by atoms with Crippen LogP contribution in [0.4, 0.5) is 0 Å². The van der Waals surface area contributed by atoms with E-state index in [2.05, 4.69) is 11.9 Å². The highest BCUT2D eigenvalue weighted by Gasteiger charge is 2.40. The van der Waals surface area contributed by atoms with Gasteiger partial charge in [-0.25, -0.2) is 0 Å². The minimum atomic E-state index is 0.144. The van der Waals surface area contributed by atoms with Crippen molar-refractivity contribution >= 4 is 29.0 Å². The van der Waals surface area contributed by atoms with Gasteiger partial charge in [-0.2, -0.15) is 0 Å². The van der Waals surface area contributed by atoms with Crippen LogP contribution in [0.1, 0.15) is 36.0 Å². The normalized spacial score (nSPS) is 30.6. The van der Waals surface area contributed by atoms with E-state index >= 15 is 0 Å². The van der Waals surface area contributed by atoms with Gasteiger partial charge in [0.15, 0.2) is 5.78 Å². The Morgan fingerprint density at radius 3 is 2.37 bits per heavy atom. The SMILES string of the molecule is CN1C2CCC1CC(C(=O)c1ccc(Cl)c(Cl)c1)C2. The van der Waals surface area contributed by atoms with E-state index in [-0.39, 0.29) is 11.7 Å². The van der Waals surface area contributed by atoms with E-state index in [4.69, 9.17) is 23.2 Å². The van der Waals surface area contributed by atoms with E-state index < -0.39 is 0 Å². The molecule has 2 nitrogen and oxygen atoms in total. The number of benzene rings is 1. The Morgan fingerprint density at radius 2 is 1.79 bits per heavy atom. The van der Waals surface area contributed by atoms with Crippen LogP contribution in [0.3, 0.4) is 0 Å². The molecule has 2 bridgehead atoms. The second-order valence-corrected chi connectivity index (χ2v) is 6.53. The fraction of sp³-hybridized carbons (Fsp3) is 0.533. The second-order valence-electron chi connectivity index (χ2n) is 5.71. The number of hydrogen-bond donors (Lipinski definition) is 0. The summed E-state index contributed by atoms with van der Waals surface area (Å²) in [5.41, 5.74) is 0.698. The van der Waals surface area contributed by atoms with E-state index in [9.17, 15) is 4.79 Å². The summed E-state index contributed by atoms with van der Waals surface area (Å²) in [6.45, 7) is 0. The third kappa shape index (κ3) is 2.42. The molecule has 2 aliphatic heterocycles. The molecule has 102 valence electrons. The summed E-state index contributed by atoms with van der Waals surface area (Å²) in [6.07, 6.45) is 4.41. The molecule has 19 heavy (non-hydrogen) atoms. The highest BCUT2D eigenvalue weighted by atomic mass is 35.5. The summed E-state index contributed by atoms with van der Waals surface area (Å²) in [7, 11) is 2.18. The number of piperidine rings is 1. The van der Waals surface area contributed by atoms with Gasteiger partial charge in [-0.1, -0.05) is 23.2 Å². The monoisotopic (exact) mass is 297 g/mol. The first-order valence-electron chi connectivity index (χ1n) is 6.77. The number of Topliss-reactive ketones (excluding diaryl/α,β-unsaturated/α-hetero) is 1. The molecule has 2 aliphatic rings. The Morgan fingerprint density at radius 1 is 1.16 bits per heavy atom. The number of rotatable bonds is 2. The van der Waals surface area contributed by atoms with E-state index in [1.54, 1.807) is 18.2 Å². The van der Waals surface area contributed by atoms with Gasteiger partial charge in [-0.3, -0.25) is 4.79 Å². The average molecular weight is 298 g/mol. The molecule has 0 radical (unpaired) electrons. The van der Waals surface area contributed by atoms with Crippen molar-refractivity contribution in [3.05, 3.63) is 33.8 Å². The van der Waals surface area contributed by atoms with Crippen LogP contribution in [-0.4, -0.2) is 29.8 Å². The topological polar surface area (TPSA) is 20.3 Å². The lowest BCUT2D eigenvalue weighted by molar-refractivity contribution is 0.0767. The highest BCUT2D eigenvalue weighted by molar-refractivity contribution is 6.42. The lowest BCUT2D eigenvalue weighted by Crippen LogP contribution is -2.42. The van der Waals surface area contributed by atoms with Crippen LogP contribution in [0.2, 0.25) is 10.0 Å². The van der Waals surface area contributed by atoms with Crippen LogP contribution in [0.5, 0.6) is 0 Å². The fourth-order valence-corrected chi connectivity index (χ4v) is 3.81. The minimum absolute atomic E-state index is 0.144. The van der Waals surface area contributed by atoms with Crippen LogP contribution in [0.25, 0.3) is 0 Å². The Hall–Kier alpha value is -0.570. The molecule has 2 fully saturated rings. The molecule has 2 unspecified atom stereocenters. The Kier molecular flexibility index (Phi) is 3.59. The summed E-state index contributed by atoms with van der Waals surface area (Å²) in [5, 5.41) is 0.963. The number of halogens is 2. The molecular weight excluding hydrogens is 281 g/mol. The Bertz CT molecular complexity index is 503. The number of fused-ring (bicyclic) bond motifs is 2. The molecular formula is C15H17Cl2NO. The smallest absolute Gasteiger partial charge is 0.166 e. The first-order valence-corrected chi connectivity index (χ1v) is 7.53. The van der Waals surface area contributed by atoms with Gasteiger partial charge in [0.05, 0.1) is 10.0 Å². The van der Waals surface area contributed by atoms with Crippen LogP contribution in [-0.2, 0) is 0 Å². The zero-order valence-corrected chi connectivity index (χ0v) is 12.4. The van der Waals surface area contributed by atoms with Gasteiger partial charge < -0.3 is 4.90 Å². The zero-order chi connectivity index (χ0) is 13.6. The number of hydrogen-bond acceptors (Lipinski definition) is 2. The van der Waals surface area contributed by atoms with Crippen molar-refractivity contribution in [2.24, 2.45) is 5.92 Å². The predicted molar refractivity (Wildman–Crippen MR) is 78.1 cm³/mol. The molecule has 2 atom stereocenters. The quantitative estimate of drug-likeness (QED) is 0.768. The zero-order valence-electron chi connectivity index (χ0n) is 10.9. The van der Waals surface area contributed by atoms with Crippen molar-refractivity contribution in [2.45, 2.75) is 37.8 Å². The second kappa shape index (κ2) is 5.08. The minimum Gasteiger partial charge on any atom is -0.300 e. The molecule has 2 saturated heterocycles. The molecule has 0 saturated carbocycles. The molecule has 1 aromatic carbocycles. The fourth-order valence-electron chi connectivity index (χ4n) is 3.51. The third-order valence-electron chi connectivity index (χ3n) is 4.67. The van der Waals surface area contributed by atoms with E-state index in [1.165, 1.54) is 12.8 Å². The highest BCUT2D eigenvalue weighted by Crippen LogP contribution is 2.39. The summed E-state index contributed by atoms with van der Waals surface area (Å²) in [5.74, 6) is 0.370. The molecule has 0 amide bonds. The van der Waals surface area contributed by atoms with Crippen molar-refractivity contribution < 1.29 is 4.79 Å². The number of nitrogens with zero attached hydrogens (tertiary/aromatic N) is 1. The van der Waals surface area contributed by atoms with Gasteiger partial charge in [0, 0.05) is 23.6 Å². The van der Waals surface area contributed by atoms with Crippen molar-refractivity contribution in [3.63, 3.8) is 0 Å². The van der Waals surface area contributed by atoms with E-state index in [0.717, 1.165) is 12.8 Å². The van der Waals surface area contributed by atoms with Crippen LogP contribution in [0, 0.1) is 5.92 Å². The van der Waals surface area contributed by atoms with E-state index in [1.807, 2.05) is 0 Å². The maximum absolute atomic E-state index is 12.6. The van der Waals surface area contributed by atoms with Crippen molar-refractivity contribution in [3.8, 4) is 0 Å². The van der Waals surface area contributed by atoms with Crippen LogP contribution in [0.15, 0.2) is 18.2 Å². The Labute approximate surface area is 123 Å². The molecule has 0 aromatic heterocycles. The molecule has 0 N–H and O–H groups in total. The van der Waals surface area contributed by atoms with Crippen molar-refractivity contribution in [1.82, 2.24) is 4.90 Å². The van der Waals surface area contributed by atoms with Crippen LogP contribution < -0.4 is 0 Å². The van der Waals surface area contributed by atoms with Gasteiger partial charge in [0.1, 0.15) is 0 Å². The lowest BCUT2D eigenvalue weighted by Gasteiger charge is -2.35. The van der Waals surface area contributed by atoms with Crippen molar-refractivity contribution in [1.29, 1.82) is 0 Å². The number of carbonyl (C=O) groups excluding carboxylic acids is 1. The van der Waals surface area contributed by atoms with E-state index in [0.29, 0.717) is 27.7 Å². The molecule has 0 aliphatic carbocycles. The van der Waals surface area contributed by atoms with Gasteiger partial charge in [-0.05, 0) is 50.9 Å². The average Bonchev–Trinajstić information content (AvgIpc) is 2.64. The molecule has 1 aromatic rings. The standard InChI is InChI=1S/C15H17Cl2NO/c1-18-11-3-4-12(18)7-10(6-11)15(19)9-2-5-13(16)14(17)8-9/h2,5,8,10-12H,3-4,6-7H2,1H3. The first kappa shape index (κ1) is 13.4. The molecule has 4 heteroatoms. The summed E-state index contributed by atoms with van der Waals surface area (Å²) < 4.78 is 0. The Balaban J connectivity index is 1.79. The largest absolute Gasteiger partial charge is 0.300 e. The molecule has 0 spiro atoms. The molecule has 2 heterocycles. The van der Waals surface area contributed by atoms with Crippen molar-refractivity contribution in [2.75, 3.05) is 7.05 Å². The predicted octanol–water partition coefficient (Wildman–Crippen LogP) is 4.05. The lowest BCUT2D eigenvalue weighted by atomic mass is 9.85. The number of ketones is 1.